The van der Waals surface area contributed by atoms with Crippen LogP contribution in [-0.4, -0.2) is 52.2 Å². The molecule has 5 rings (SSSR count). The summed E-state index contributed by atoms with van der Waals surface area (Å²) in [6.07, 6.45) is 6.15. The van der Waals surface area contributed by atoms with Crippen LogP contribution in [0.1, 0.15) is 31.4 Å². The van der Waals surface area contributed by atoms with Crippen LogP contribution in [-0.2, 0) is 0 Å². The number of imidazole rings is 1. The highest BCUT2D eigenvalue weighted by Crippen LogP contribution is 2.42. The predicted molar refractivity (Wildman–Crippen MR) is 125 cm³/mol. The number of ether oxygens (including phenoxy) is 2. The van der Waals surface area contributed by atoms with Crippen molar-refractivity contribution in [3.63, 3.8) is 0 Å². The summed E-state index contributed by atoms with van der Waals surface area (Å²) >= 11 is 0. The lowest BCUT2D eigenvalue weighted by Gasteiger charge is -2.41. The van der Waals surface area contributed by atoms with E-state index in [9.17, 15) is 8.78 Å². The molecule has 3 heterocycles. The number of halogens is 2. The van der Waals surface area contributed by atoms with Gasteiger partial charge in [-0.25, -0.2) is 18.7 Å². The third-order valence-electron chi connectivity index (χ3n) is 6.71. The zero-order valence-electron chi connectivity index (χ0n) is 19.5. The lowest BCUT2D eigenvalue weighted by molar-refractivity contribution is -0.0501. The predicted octanol–water partition coefficient (Wildman–Crippen LogP) is 4.75. The van der Waals surface area contributed by atoms with Crippen LogP contribution in [0.3, 0.4) is 0 Å². The zero-order chi connectivity index (χ0) is 23.9. The van der Waals surface area contributed by atoms with Crippen LogP contribution in [0.25, 0.3) is 5.69 Å². The highest BCUT2D eigenvalue weighted by molar-refractivity contribution is 5.64. The molecule has 0 bridgehead atoms. The monoisotopic (exact) mass is 470 g/mol. The number of aromatic nitrogens is 4. The number of benzene rings is 1. The van der Waals surface area contributed by atoms with Crippen molar-refractivity contribution < 1.29 is 18.3 Å². The van der Waals surface area contributed by atoms with Crippen molar-refractivity contribution in [2.75, 3.05) is 31.0 Å². The second kappa shape index (κ2) is 8.73. The third-order valence-corrected chi connectivity index (χ3v) is 6.71. The summed E-state index contributed by atoms with van der Waals surface area (Å²) in [7, 11) is 3.57. The van der Waals surface area contributed by atoms with Crippen molar-refractivity contribution in [3.8, 4) is 17.2 Å². The number of rotatable bonds is 5. The van der Waals surface area contributed by atoms with Gasteiger partial charge in [0.25, 0.3) is 0 Å². The van der Waals surface area contributed by atoms with E-state index < -0.39 is 5.92 Å². The van der Waals surface area contributed by atoms with Crippen molar-refractivity contribution in [1.29, 1.82) is 0 Å². The van der Waals surface area contributed by atoms with Crippen LogP contribution < -0.4 is 19.7 Å². The summed E-state index contributed by atoms with van der Waals surface area (Å²) in [6, 6.07) is 5.73. The lowest BCUT2D eigenvalue weighted by Crippen LogP contribution is -2.47. The van der Waals surface area contributed by atoms with Gasteiger partial charge in [-0.2, -0.15) is 4.98 Å². The molecule has 2 aromatic heterocycles. The van der Waals surface area contributed by atoms with Crippen LogP contribution >= 0.6 is 0 Å². The molecule has 2 aliphatic rings. The first-order valence-electron chi connectivity index (χ1n) is 11.4. The summed E-state index contributed by atoms with van der Waals surface area (Å²) < 4.78 is 40.7. The number of hydrogen-bond acceptors (Lipinski definition) is 7. The van der Waals surface area contributed by atoms with E-state index in [4.69, 9.17) is 9.47 Å². The number of anilines is 3. The van der Waals surface area contributed by atoms with E-state index in [-0.39, 0.29) is 24.8 Å². The van der Waals surface area contributed by atoms with Crippen molar-refractivity contribution in [1.82, 2.24) is 19.5 Å². The Bertz CT molecular complexity index is 1170. The van der Waals surface area contributed by atoms with E-state index >= 15 is 0 Å². The molecule has 1 fully saturated rings. The lowest BCUT2D eigenvalue weighted by atomic mass is 9.81. The summed E-state index contributed by atoms with van der Waals surface area (Å²) in [4.78, 5) is 15.4. The maximum absolute atomic E-state index is 13.6. The molecular formula is C24H28F2N6O2. The fraction of sp³-hybridized carbons (Fsp3) is 0.458. The first kappa shape index (κ1) is 22.4. The van der Waals surface area contributed by atoms with Gasteiger partial charge in [0.15, 0.2) is 11.6 Å². The molecule has 0 radical (unpaired) electrons. The average Bonchev–Trinajstić information content (AvgIpc) is 3.26. The number of alkyl halides is 2. The van der Waals surface area contributed by atoms with E-state index in [1.54, 1.807) is 19.6 Å². The highest BCUT2D eigenvalue weighted by atomic mass is 19.3. The Morgan fingerprint density at radius 2 is 2.00 bits per heavy atom. The molecule has 1 atom stereocenters. The van der Waals surface area contributed by atoms with E-state index in [1.807, 2.05) is 47.8 Å². The summed E-state index contributed by atoms with van der Waals surface area (Å²) in [5.74, 6) is -0.0619. The molecule has 1 saturated carbocycles. The third kappa shape index (κ3) is 4.36. The minimum absolute atomic E-state index is 0.00404. The van der Waals surface area contributed by atoms with E-state index in [0.29, 0.717) is 42.7 Å². The van der Waals surface area contributed by atoms with E-state index in [1.165, 1.54) is 0 Å². The van der Waals surface area contributed by atoms with E-state index in [0.717, 1.165) is 17.1 Å². The standard InChI is InChI=1S/C24H28F2N6O2/c1-15-12-32(14-28-15)18-5-4-17(10-20(18)33-3)29-23-27-11-21-22(30-23)31(2)19(13-34-21)16-6-8-24(25,26)9-7-16/h4-5,10-12,14,16,19H,6-9,13H2,1-3H3,(H,27,29,30). The number of nitrogens with one attached hydrogen (secondary N) is 1. The van der Waals surface area contributed by atoms with Crippen LogP contribution in [0.5, 0.6) is 11.5 Å². The molecule has 1 aliphatic heterocycles. The largest absolute Gasteiger partial charge is 0.494 e. The van der Waals surface area contributed by atoms with Gasteiger partial charge in [0, 0.05) is 37.8 Å². The number of nitrogens with zero attached hydrogens (tertiary/aromatic N) is 5. The minimum atomic E-state index is -2.55. The maximum Gasteiger partial charge on any atom is 0.248 e. The van der Waals surface area contributed by atoms with Gasteiger partial charge in [0.1, 0.15) is 12.4 Å². The summed E-state index contributed by atoms with van der Waals surface area (Å²) in [6.45, 7) is 2.38. The molecule has 8 nitrogen and oxygen atoms in total. The fourth-order valence-electron chi connectivity index (χ4n) is 4.77. The van der Waals surface area contributed by atoms with Gasteiger partial charge in [-0.1, -0.05) is 0 Å². The van der Waals surface area contributed by atoms with Gasteiger partial charge in [-0.15, -0.1) is 0 Å². The van der Waals surface area contributed by atoms with Crippen molar-refractivity contribution in [3.05, 3.63) is 42.6 Å². The van der Waals surface area contributed by atoms with E-state index in [2.05, 4.69) is 20.3 Å². The molecule has 1 unspecified atom stereocenters. The Morgan fingerprint density at radius 3 is 2.71 bits per heavy atom. The average molecular weight is 471 g/mol. The van der Waals surface area contributed by atoms with Gasteiger partial charge >= 0.3 is 0 Å². The molecule has 34 heavy (non-hydrogen) atoms. The molecular weight excluding hydrogens is 442 g/mol. The second-order valence-electron chi connectivity index (χ2n) is 9.00. The Labute approximate surface area is 196 Å². The van der Waals surface area contributed by atoms with Gasteiger partial charge in [-0.05, 0) is 37.8 Å². The Kier molecular flexibility index (Phi) is 5.75. The Morgan fingerprint density at radius 1 is 1.21 bits per heavy atom. The zero-order valence-corrected chi connectivity index (χ0v) is 19.5. The molecule has 180 valence electrons. The minimum Gasteiger partial charge on any atom is -0.494 e. The molecule has 1 aliphatic carbocycles. The van der Waals surface area contributed by atoms with Gasteiger partial charge in [0.2, 0.25) is 11.9 Å². The Hall–Kier alpha value is -3.43. The molecule has 1 aromatic carbocycles. The van der Waals surface area contributed by atoms with Gasteiger partial charge in [0.05, 0.1) is 37.1 Å². The maximum atomic E-state index is 13.6. The van der Waals surface area contributed by atoms with Crippen molar-refractivity contribution in [2.45, 2.75) is 44.6 Å². The number of methoxy groups -OCH3 is 1. The molecule has 0 spiro atoms. The molecule has 10 heteroatoms. The fourth-order valence-corrected chi connectivity index (χ4v) is 4.77. The SMILES string of the molecule is COc1cc(Nc2ncc3c(n2)N(C)C(C2CCC(F)(F)CC2)CO3)ccc1-n1cnc(C)c1. The first-order chi connectivity index (χ1) is 16.3. The van der Waals surface area contributed by atoms with Gasteiger partial charge in [-0.3, -0.25) is 0 Å². The quantitative estimate of drug-likeness (QED) is 0.577. The topological polar surface area (TPSA) is 77.3 Å². The summed E-state index contributed by atoms with van der Waals surface area (Å²) in [5.41, 5.74) is 2.55. The van der Waals surface area contributed by atoms with Crippen molar-refractivity contribution in [2.24, 2.45) is 5.92 Å². The highest BCUT2D eigenvalue weighted by Gasteiger charge is 2.41. The number of hydrogen-bond donors (Lipinski definition) is 1. The van der Waals surface area contributed by atoms with Crippen LogP contribution in [0, 0.1) is 12.8 Å². The van der Waals surface area contributed by atoms with Crippen molar-refractivity contribution >= 4 is 17.5 Å². The van der Waals surface area contributed by atoms with Crippen LogP contribution in [0.15, 0.2) is 36.9 Å². The summed E-state index contributed by atoms with van der Waals surface area (Å²) in [5, 5.41) is 3.23. The molecule has 0 amide bonds. The number of likely N-dealkylation sites (N-methyl/N-ethyl adjacent to an activating group) is 1. The smallest absolute Gasteiger partial charge is 0.248 e. The molecule has 3 aromatic rings. The molecule has 0 saturated heterocycles. The molecule has 1 N–H and O–H groups in total. The number of aryl methyl sites for hydroxylation is 1. The Balaban J connectivity index is 1.34. The van der Waals surface area contributed by atoms with Gasteiger partial charge < -0.3 is 24.3 Å². The normalized spacial score (nSPS) is 19.9. The van der Waals surface area contributed by atoms with Crippen LogP contribution in [0.2, 0.25) is 0 Å². The second-order valence-corrected chi connectivity index (χ2v) is 9.00. The first-order valence-corrected chi connectivity index (χ1v) is 11.4. The number of fused-ring (bicyclic) bond motifs is 1. The van der Waals surface area contributed by atoms with Crippen LogP contribution in [0.4, 0.5) is 26.2 Å².